The number of aromatic nitrogens is 2. The first-order valence-corrected chi connectivity index (χ1v) is 4.71. The van der Waals surface area contributed by atoms with Gasteiger partial charge in [0, 0.05) is 12.2 Å². The normalized spacial score (nSPS) is 13.2. The molecule has 88 valence electrons. The monoisotopic (exact) mass is 231 g/mol. The summed E-state index contributed by atoms with van der Waals surface area (Å²) in [7, 11) is 0. The SMILES string of the molecule is C=CCC(C)Nc1nccc(C(F)(F)F)n1. The van der Waals surface area contributed by atoms with E-state index in [2.05, 4.69) is 21.9 Å². The highest BCUT2D eigenvalue weighted by Crippen LogP contribution is 2.27. The average molecular weight is 231 g/mol. The quantitative estimate of drug-likeness (QED) is 0.809. The second-order valence-electron chi connectivity index (χ2n) is 3.33. The smallest absolute Gasteiger partial charge is 0.351 e. The first kappa shape index (κ1) is 12.5. The Hall–Kier alpha value is -1.59. The van der Waals surface area contributed by atoms with Crippen LogP contribution in [0.3, 0.4) is 0 Å². The third-order valence-electron chi connectivity index (χ3n) is 1.84. The maximum atomic E-state index is 12.3. The second-order valence-corrected chi connectivity index (χ2v) is 3.33. The number of nitrogens with one attached hydrogen (secondary N) is 1. The van der Waals surface area contributed by atoms with Crippen molar-refractivity contribution in [3.8, 4) is 0 Å². The Labute approximate surface area is 91.4 Å². The molecule has 1 rings (SSSR count). The fraction of sp³-hybridized carbons (Fsp3) is 0.400. The third kappa shape index (κ3) is 3.52. The van der Waals surface area contributed by atoms with E-state index in [1.807, 2.05) is 6.92 Å². The molecule has 1 unspecified atom stereocenters. The highest BCUT2D eigenvalue weighted by Gasteiger charge is 2.32. The average Bonchev–Trinajstić information content (AvgIpc) is 2.17. The molecule has 1 aromatic heterocycles. The molecule has 0 amide bonds. The van der Waals surface area contributed by atoms with Gasteiger partial charge in [-0.2, -0.15) is 13.2 Å². The minimum absolute atomic E-state index is 0.0239. The van der Waals surface area contributed by atoms with Crippen LogP contribution in [0.2, 0.25) is 0 Å². The molecule has 0 bridgehead atoms. The fourth-order valence-electron chi connectivity index (χ4n) is 1.12. The van der Waals surface area contributed by atoms with Gasteiger partial charge >= 0.3 is 6.18 Å². The van der Waals surface area contributed by atoms with Crippen molar-refractivity contribution < 1.29 is 13.2 Å². The van der Waals surface area contributed by atoms with Crippen LogP contribution in [0.15, 0.2) is 24.9 Å². The zero-order valence-electron chi connectivity index (χ0n) is 8.75. The van der Waals surface area contributed by atoms with Crippen molar-refractivity contribution in [2.75, 3.05) is 5.32 Å². The number of rotatable bonds is 4. The highest BCUT2D eigenvalue weighted by molar-refractivity contribution is 5.27. The van der Waals surface area contributed by atoms with E-state index in [0.717, 1.165) is 12.3 Å². The van der Waals surface area contributed by atoms with Crippen LogP contribution in [-0.4, -0.2) is 16.0 Å². The van der Waals surface area contributed by atoms with Crippen molar-refractivity contribution in [2.24, 2.45) is 0 Å². The minimum Gasteiger partial charge on any atom is -0.351 e. The summed E-state index contributed by atoms with van der Waals surface area (Å²) in [5.41, 5.74) is -0.948. The number of alkyl halides is 3. The molecule has 0 radical (unpaired) electrons. The summed E-state index contributed by atoms with van der Waals surface area (Å²) < 4.78 is 37.0. The number of hydrogen-bond donors (Lipinski definition) is 1. The molecule has 0 aliphatic rings. The van der Waals surface area contributed by atoms with Gasteiger partial charge in [0.05, 0.1) is 0 Å². The van der Waals surface area contributed by atoms with E-state index in [9.17, 15) is 13.2 Å². The molecule has 3 nitrogen and oxygen atoms in total. The molecule has 0 spiro atoms. The maximum absolute atomic E-state index is 12.3. The zero-order chi connectivity index (χ0) is 12.2. The molecule has 1 heterocycles. The Morgan fingerprint density at radius 2 is 2.25 bits per heavy atom. The lowest BCUT2D eigenvalue weighted by molar-refractivity contribution is -0.141. The molecule has 0 aromatic carbocycles. The molecule has 1 N–H and O–H groups in total. The van der Waals surface area contributed by atoms with Gasteiger partial charge in [0.2, 0.25) is 5.95 Å². The highest BCUT2D eigenvalue weighted by atomic mass is 19.4. The lowest BCUT2D eigenvalue weighted by Crippen LogP contribution is -2.18. The first-order chi connectivity index (χ1) is 7.43. The lowest BCUT2D eigenvalue weighted by atomic mass is 10.2. The van der Waals surface area contributed by atoms with Gasteiger partial charge in [0.15, 0.2) is 0 Å². The van der Waals surface area contributed by atoms with E-state index in [1.165, 1.54) is 0 Å². The molecule has 0 saturated carbocycles. The first-order valence-electron chi connectivity index (χ1n) is 4.71. The molecular weight excluding hydrogens is 219 g/mol. The molecule has 6 heteroatoms. The Balaban J connectivity index is 2.79. The van der Waals surface area contributed by atoms with E-state index in [1.54, 1.807) is 6.08 Å². The van der Waals surface area contributed by atoms with Crippen molar-refractivity contribution in [2.45, 2.75) is 25.6 Å². The van der Waals surface area contributed by atoms with Crippen molar-refractivity contribution in [3.05, 3.63) is 30.6 Å². The van der Waals surface area contributed by atoms with Gasteiger partial charge in [-0.15, -0.1) is 6.58 Å². The van der Waals surface area contributed by atoms with Crippen LogP contribution < -0.4 is 5.32 Å². The number of hydrogen-bond acceptors (Lipinski definition) is 3. The molecule has 1 atom stereocenters. The number of anilines is 1. The van der Waals surface area contributed by atoms with Crippen molar-refractivity contribution in [3.63, 3.8) is 0 Å². The van der Waals surface area contributed by atoms with Crippen LogP contribution in [-0.2, 0) is 6.18 Å². The van der Waals surface area contributed by atoms with Crippen molar-refractivity contribution in [1.82, 2.24) is 9.97 Å². The second kappa shape index (κ2) is 4.96. The van der Waals surface area contributed by atoms with Crippen LogP contribution >= 0.6 is 0 Å². The predicted octanol–water partition coefficient (Wildman–Crippen LogP) is 2.87. The Bertz CT molecular complexity index is 363. The summed E-state index contributed by atoms with van der Waals surface area (Å²) in [5, 5.41) is 2.76. The Morgan fingerprint density at radius 3 is 2.81 bits per heavy atom. The van der Waals surface area contributed by atoms with Crippen LogP contribution in [0.5, 0.6) is 0 Å². The summed E-state index contributed by atoms with van der Waals surface area (Å²) in [6.07, 6.45) is -1.06. The van der Waals surface area contributed by atoms with Gasteiger partial charge in [-0.05, 0) is 19.4 Å². The molecular formula is C10H12F3N3. The Kier molecular flexibility index (Phi) is 3.87. The molecule has 1 aromatic rings. The van der Waals surface area contributed by atoms with E-state index in [-0.39, 0.29) is 12.0 Å². The summed E-state index contributed by atoms with van der Waals surface area (Å²) in [6, 6.07) is 0.782. The predicted molar refractivity (Wildman–Crippen MR) is 54.9 cm³/mol. The van der Waals surface area contributed by atoms with Crippen LogP contribution in [0, 0.1) is 0 Å². The fourth-order valence-corrected chi connectivity index (χ4v) is 1.12. The van der Waals surface area contributed by atoms with E-state index in [4.69, 9.17) is 0 Å². The zero-order valence-corrected chi connectivity index (χ0v) is 8.75. The molecule has 0 aliphatic heterocycles. The summed E-state index contributed by atoms with van der Waals surface area (Å²) in [5.74, 6) is -0.0239. The van der Waals surface area contributed by atoms with Gasteiger partial charge in [-0.3, -0.25) is 0 Å². The van der Waals surface area contributed by atoms with Gasteiger partial charge in [-0.1, -0.05) is 6.08 Å². The Morgan fingerprint density at radius 1 is 1.56 bits per heavy atom. The van der Waals surface area contributed by atoms with E-state index < -0.39 is 11.9 Å². The van der Waals surface area contributed by atoms with E-state index >= 15 is 0 Å². The molecule has 0 aliphatic carbocycles. The molecule has 16 heavy (non-hydrogen) atoms. The van der Waals surface area contributed by atoms with Crippen LogP contribution in [0.1, 0.15) is 19.0 Å². The number of halogens is 3. The topological polar surface area (TPSA) is 37.8 Å². The van der Waals surface area contributed by atoms with Gasteiger partial charge in [-0.25, -0.2) is 9.97 Å². The minimum atomic E-state index is -4.44. The van der Waals surface area contributed by atoms with Crippen LogP contribution in [0.4, 0.5) is 19.1 Å². The van der Waals surface area contributed by atoms with E-state index in [0.29, 0.717) is 6.42 Å². The van der Waals surface area contributed by atoms with Gasteiger partial charge < -0.3 is 5.32 Å². The molecule has 0 fully saturated rings. The van der Waals surface area contributed by atoms with Crippen molar-refractivity contribution >= 4 is 5.95 Å². The maximum Gasteiger partial charge on any atom is 0.433 e. The summed E-state index contributed by atoms with van der Waals surface area (Å²) in [4.78, 5) is 7.10. The summed E-state index contributed by atoms with van der Waals surface area (Å²) >= 11 is 0. The lowest BCUT2D eigenvalue weighted by Gasteiger charge is -2.12. The largest absolute Gasteiger partial charge is 0.433 e. The molecule has 0 saturated heterocycles. The van der Waals surface area contributed by atoms with Gasteiger partial charge in [0.1, 0.15) is 5.69 Å². The van der Waals surface area contributed by atoms with Gasteiger partial charge in [0.25, 0.3) is 0 Å². The third-order valence-corrected chi connectivity index (χ3v) is 1.84. The standard InChI is InChI=1S/C10H12F3N3/c1-3-4-7(2)15-9-14-6-5-8(16-9)10(11,12)13/h3,5-7H,1,4H2,2H3,(H,14,15,16). The van der Waals surface area contributed by atoms with Crippen molar-refractivity contribution in [1.29, 1.82) is 0 Å². The summed E-state index contributed by atoms with van der Waals surface area (Å²) in [6.45, 7) is 5.35. The number of nitrogens with zero attached hydrogens (tertiary/aromatic N) is 2. The van der Waals surface area contributed by atoms with Crippen LogP contribution in [0.25, 0.3) is 0 Å².